The largest absolute Gasteiger partial charge is 0.475 e. The molecule has 1 aromatic heterocycles. The van der Waals surface area contributed by atoms with E-state index in [2.05, 4.69) is 5.16 Å². The van der Waals surface area contributed by atoms with Gasteiger partial charge in [-0.1, -0.05) is 5.16 Å². The van der Waals surface area contributed by atoms with Crippen molar-refractivity contribution in [1.29, 1.82) is 0 Å². The molecule has 0 saturated heterocycles. The first-order chi connectivity index (χ1) is 6.72. The topological polar surface area (TPSA) is 83.0 Å². The van der Waals surface area contributed by atoms with Gasteiger partial charge in [0, 0.05) is 18.1 Å². The Morgan fingerprint density at radius 2 is 2.29 bits per heavy atom. The van der Waals surface area contributed by atoms with Crippen LogP contribution in [0.5, 0.6) is 0 Å². The van der Waals surface area contributed by atoms with E-state index in [1.807, 2.05) is 0 Å². The van der Waals surface area contributed by atoms with Crippen molar-refractivity contribution in [2.45, 2.75) is 19.3 Å². The highest BCUT2D eigenvalue weighted by Crippen LogP contribution is 2.25. The van der Waals surface area contributed by atoms with E-state index in [4.69, 9.17) is 14.7 Å². The van der Waals surface area contributed by atoms with Crippen molar-refractivity contribution >= 4 is 11.7 Å². The van der Waals surface area contributed by atoms with E-state index in [0.29, 0.717) is 29.9 Å². The van der Waals surface area contributed by atoms with Crippen LogP contribution >= 0.6 is 0 Å². The standard InChI is InChI=1S/C9H9NO4/c11-9(12)8-4-5-6(10-13)2-1-3-7(5)14-8/h4,13H,1-3H2,(H,11,12). The van der Waals surface area contributed by atoms with E-state index < -0.39 is 5.97 Å². The van der Waals surface area contributed by atoms with Crippen molar-refractivity contribution in [1.82, 2.24) is 0 Å². The van der Waals surface area contributed by atoms with Gasteiger partial charge in [0.05, 0.1) is 5.71 Å². The highest BCUT2D eigenvalue weighted by atomic mass is 16.4. The fourth-order valence-electron chi connectivity index (χ4n) is 1.62. The van der Waals surface area contributed by atoms with Gasteiger partial charge in [-0.15, -0.1) is 0 Å². The number of hydrogen-bond acceptors (Lipinski definition) is 4. The van der Waals surface area contributed by atoms with Crippen LogP contribution in [0, 0.1) is 0 Å². The highest BCUT2D eigenvalue weighted by molar-refractivity contribution is 6.03. The molecule has 0 aromatic carbocycles. The van der Waals surface area contributed by atoms with Gasteiger partial charge in [0.2, 0.25) is 5.76 Å². The van der Waals surface area contributed by atoms with E-state index in [9.17, 15) is 4.79 Å². The molecular formula is C9H9NO4. The zero-order chi connectivity index (χ0) is 10.1. The molecule has 1 heterocycles. The molecule has 1 aliphatic rings. The van der Waals surface area contributed by atoms with Crippen LogP contribution in [0.25, 0.3) is 0 Å². The second-order valence-corrected chi connectivity index (χ2v) is 3.15. The van der Waals surface area contributed by atoms with Gasteiger partial charge in [0.25, 0.3) is 0 Å². The molecule has 5 nitrogen and oxygen atoms in total. The smallest absolute Gasteiger partial charge is 0.371 e. The summed E-state index contributed by atoms with van der Waals surface area (Å²) >= 11 is 0. The monoisotopic (exact) mass is 195 g/mol. The fraction of sp³-hybridized carbons (Fsp3) is 0.333. The Balaban J connectivity index is 2.48. The number of fused-ring (bicyclic) bond motifs is 1. The summed E-state index contributed by atoms with van der Waals surface area (Å²) < 4.78 is 5.11. The van der Waals surface area contributed by atoms with Gasteiger partial charge in [0.1, 0.15) is 5.76 Å². The van der Waals surface area contributed by atoms with Crippen molar-refractivity contribution in [2.24, 2.45) is 5.16 Å². The molecule has 0 amide bonds. The van der Waals surface area contributed by atoms with Crippen LogP contribution in [0.1, 0.15) is 34.7 Å². The number of furan rings is 1. The number of carbonyl (C=O) groups is 1. The average Bonchev–Trinajstić information content (AvgIpc) is 2.60. The van der Waals surface area contributed by atoms with Crippen LogP contribution in [0.2, 0.25) is 0 Å². The molecule has 14 heavy (non-hydrogen) atoms. The Bertz CT molecular complexity index is 405. The lowest BCUT2D eigenvalue weighted by molar-refractivity contribution is 0.0660. The van der Waals surface area contributed by atoms with Gasteiger partial charge in [-0.25, -0.2) is 4.79 Å². The first kappa shape index (κ1) is 8.80. The number of oxime groups is 1. The van der Waals surface area contributed by atoms with Gasteiger partial charge >= 0.3 is 5.97 Å². The Kier molecular flexibility index (Phi) is 1.99. The number of aromatic carboxylic acids is 1. The van der Waals surface area contributed by atoms with Gasteiger partial charge in [-0.2, -0.15) is 0 Å². The average molecular weight is 195 g/mol. The zero-order valence-electron chi connectivity index (χ0n) is 7.36. The molecule has 5 heteroatoms. The lowest BCUT2D eigenvalue weighted by Crippen LogP contribution is -2.09. The lowest BCUT2D eigenvalue weighted by atomic mass is 9.96. The third-order valence-electron chi connectivity index (χ3n) is 2.27. The Labute approximate surface area is 79.6 Å². The van der Waals surface area contributed by atoms with E-state index in [-0.39, 0.29) is 5.76 Å². The van der Waals surface area contributed by atoms with Gasteiger partial charge < -0.3 is 14.7 Å². The summed E-state index contributed by atoms with van der Waals surface area (Å²) in [5, 5.41) is 20.5. The van der Waals surface area contributed by atoms with E-state index in [1.165, 1.54) is 6.07 Å². The molecule has 2 N–H and O–H groups in total. The number of carboxylic acid groups (broad SMARTS) is 1. The summed E-state index contributed by atoms with van der Waals surface area (Å²) in [7, 11) is 0. The summed E-state index contributed by atoms with van der Waals surface area (Å²) in [5.41, 5.74) is 1.12. The van der Waals surface area contributed by atoms with E-state index >= 15 is 0 Å². The van der Waals surface area contributed by atoms with Crippen LogP contribution in [-0.4, -0.2) is 22.0 Å². The van der Waals surface area contributed by atoms with Crippen molar-refractivity contribution < 1.29 is 19.5 Å². The van der Waals surface area contributed by atoms with Crippen molar-refractivity contribution in [3.63, 3.8) is 0 Å². The summed E-state index contributed by atoms with van der Waals surface area (Å²) in [4.78, 5) is 10.6. The Morgan fingerprint density at radius 3 is 2.93 bits per heavy atom. The second kappa shape index (κ2) is 3.17. The Morgan fingerprint density at radius 1 is 1.50 bits per heavy atom. The van der Waals surface area contributed by atoms with E-state index in [1.54, 1.807) is 0 Å². The lowest BCUT2D eigenvalue weighted by Gasteiger charge is -2.09. The third kappa shape index (κ3) is 1.26. The molecular weight excluding hydrogens is 186 g/mol. The summed E-state index contributed by atoms with van der Waals surface area (Å²) in [5.74, 6) is -0.601. The highest BCUT2D eigenvalue weighted by Gasteiger charge is 2.23. The van der Waals surface area contributed by atoms with Crippen molar-refractivity contribution in [3.05, 3.63) is 23.2 Å². The number of hydrogen-bond donors (Lipinski definition) is 2. The maximum Gasteiger partial charge on any atom is 0.371 e. The van der Waals surface area contributed by atoms with Crippen LogP contribution in [-0.2, 0) is 6.42 Å². The SMILES string of the molecule is O=C(O)c1cc2c(o1)CCCC2=NO. The van der Waals surface area contributed by atoms with Crippen LogP contribution in [0.3, 0.4) is 0 Å². The quantitative estimate of drug-likeness (QED) is 0.525. The minimum atomic E-state index is -1.10. The first-order valence-electron chi connectivity index (χ1n) is 4.29. The summed E-state index contributed by atoms with van der Waals surface area (Å²) in [6, 6.07) is 1.41. The van der Waals surface area contributed by atoms with Gasteiger partial charge in [0.15, 0.2) is 0 Å². The fourth-order valence-corrected chi connectivity index (χ4v) is 1.62. The van der Waals surface area contributed by atoms with Crippen molar-refractivity contribution in [3.8, 4) is 0 Å². The minimum Gasteiger partial charge on any atom is -0.475 e. The molecule has 0 spiro atoms. The molecule has 0 fully saturated rings. The molecule has 1 aromatic rings. The van der Waals surface area contributed by atoms with Crippen LogP contribution in [0.15, 0.2) is 15.6 Å². The second-order valence-electron chi connectivity index (χ2n) is 3.15. The number of carboxylic acids is 1. The van der Waals surface area contributed by atoms with Gasteiger partial charge in [-0.3, -0.25) is 0 Å². The van der Waals surface area contributed by atoms with Crippen LogP contribution < -0.4 is 0 Å². The molecule has 74 valence electrons. The Hall–Kier alpha value is -1.78. The molecule has 0 saturated carbocycles. The molecule has 0 radical (unpaired) electrons. The number of nitrogens with zero attached hydrogens (tertiary/aromatic N) is 1. The van der Waals surface area contributed by atoms with E-state index in [0.717, 1.165) is 6.42 Å². The normalized spacial score (nSPS) is 18.1. The molecule has 0 unspecified atom stereocenters. The molecule has 1 aliphatic carbocycles. The summed E-state index contributed by atoms with van der Waals surface area (Å²) in [6.07, 6.45) is 2.17. The van der Waals surface area contributed by atoms with Crippen molar-refractivity contribution in [2.75, 3.05) is 0 Å². The molecule has 0 bridgehead atoms. The predicted molar refractivity (Wildman–Crippen MR) is 46.9 cm³/mol. The minimum absolute atomic E-state index is 0.0990. The number of aryl methyl sites for hydroxylation is 1. The first-order valence-corrected chi connectivity index (χ1v) is 4.29. The molecule has 2 rings (SSSR count). The number of rotatable bonds is 1. The maximum atomic E-state index is 10.6. The maximum absolute atomic E-state index is 10.6. The third-order valence-corrected chi connectivity index (χ3v) is 2.27. The van der Waals surface area contributed by atoms with Gasteiger partial charge in [-0.05, 0) is 12.8 Å². The predicted octanol–water partition coefficient (Wildman–Crippen LogP) is 1.49. The molecule has 0 atom stereocenters. The van der Waals surface area contributed by atoms with Crippen LogP contribution in [0.4, 0.5) is 0 Å². The zero-order valence-corrected chi connectivity index (χ0v) is 7.36. The molecule has 0 aliphatic heterocycles. The summed E-state index contributed by atoms with van der Waals surface area (Å²) in [6.45, 7) is 0.